The van der Waals surface area contributed by atoms with E-state index in [0.717, 1.165) is 24.7 Å². The maximum absolute atomic E-state index is 5.77. The van der Waals surface area contributed by atoms with Gasteiger partial charge in [-0.25, -0.2) is 4.98 Å². The van der Waals surface area contributed by atoms with Gasteiger partial charge in [0.1, 0.15) is 5.82 Å². The summed E-state index contributed by atoms with van der Waals surface area (Å²) in [5.41, 5.74) is 0. The van der Waals surface area contributed by atoms with Crippen molar-refractivity contribution < 1.29 is 0 Å². The van der Waals surface area contributed by atoms with Gasteiger partial charge in [-0.15, -0.1) is 11.6 Å². The first-order valence-corrected chi connectivity index (χ1v) is 6.11. The molecule has 2 nitrogen and oxygen atoms in total. The Balaban J connectivity index is 2.33. The third-order valence-corrected chi connectivity index (χ3v) is 2.67. The van der Waals surface area contributed by atoms with Gasteiger partial charge in [-0.3, -0.25) is 0 Å². The van der Waals surface area contributed by atoms with E-state index in [-0.39, 0.29) is 0 Å². The minimum Gasteiger partial charge on any atom is -0.370 e. The summed E-state index contributed by atoms with van der Waals surface area (Å²) in [4.78, 5) is 4.23. The van der Waals surface area contributed by atoms with E-state index < -0.39 is 0 Å². The van der Waals surface area contributed by atoms with E-state index in [9.17, 15) is 0 Å². The molecule has 1 unspecified atom stereocenters. The molecule has 84 valence electrons. The maximum Gasteiger partial charge on any atom is 0.125 e. The molecule has 0 fully saturated rings. The second kappa shape index (κ2) is 7.52. The van der Waals surface area contributed by atoms with Crippen molar-refractivity contribution in [3.05, 3.63) is 24.4 Å². The zero-order valence-corrected chi connectivity index (χ0v) is 10.0. The SMILES string of the molecule is CCCC(CCCl)CNc1ccccn1. The lowest BCUT2D eigenvalue weighted by atomic mass is 10.0. The number of hydrogen-bond acceptors (Lipinski definition) is 2. The van der Waals surface area contributed by atoms with Gasteiger partial charge in [0.25, 0.3) is 0 Å². The van der Waals surface area contributed by atoms with Gasteiger partial charge in [-0.2, -0.15) is 0 Å². The van der Waals surface area contributed by atoms with Gasteiger partial charge in [-0.1, -0.05) is 19.4 Å². The predicted molar refractivity (Wildman–Crippen MR) is 66.5 cm³/mol. The Kier molecular flexibility index (Phi) is 6.17. The van der Waals surface area contributed by atoms with Crippen LogP contribution in [0.2, 0.25) is 0 Å². The molecule has 0 aliphatic rings. The molecule has 0 aromatic carbocycles. The van der Waals surface area contributed by atoms with Gasteiger partial charge in [-0.05, 0) is 30.9 Å². The zero-order valence-electron chi connectivity index (χ0n) is 9.25. The molecule has 1 aromatic heterocycles. The van der Waals surface area contributed by atoms with Crippen molar-refractivity contribution in [1.82, 2.24) is 4.98 Å². The standard InChI is InChI=1S/C12H19ClN2/c1-2-5-11(7-8-13)10-15-12-6-3-4-9-14-12/h3-4,6,9,11H,2,5,7-8,10H2,1H3,(H,14,15). The van der Waals surface area contributed by atoms with Crippen LogP contribution in [-0.4, -0.2) is 17.4 Å². The quantitative estimate of drug-likeness (QED) is 0.720. The van der Waals surface area contributed by atoms with Crippen molar-refractivity contribution in [2.45, 2.75) is 26.2 Å². The highest BCUT2D eigenvalue weighted by Crippen LogP contribution is 2.13. The highest BCUT2D eigenvalue weighted by Gasteiger charge is 2.06. The number of anilines is 1. The predicted octanol–water partition coefficient (Wildman–Crippen LogP) is 3.54. The molecule has 3 heteroatoms. The number of halogens is 1. The van der Waals surface area contributed by atoms with Crippen molar-refractivity contribution in [3.8, 4) is 0 Å². The van der Waals surface area contributed by atoms with Crippen LogP contribution in [0.25, 0.3) is 0 Å². The first-order valence-electron chi connectivity index (χ1n) is 5.57. The van der Waals surface area contributed by atoms with E-state index in [4.69, 9.17) is 11.6 Å². The van der Waals surface area contributed by atoms with Crippen LogP contribution in [0, 0.1) is 5.92 Å². The van der Waals surface area contributed by atoms with E-state index in [2.05, 4.69) is 17.2 Å². The maximum atomic E-state index is 5.77. The summed E-state index contributed by atoms with van der Waals surface area (Å²) in [6.45, 7) is 3.18. The summed E-state index contributed by atoms with van der Waals surface area (Å²) >= 11 is 5.77. The lowest BCUT2D eigenvalue weighted by Gasteiger charge is -2.15. The molecule has 0 aliphatic heterocycles. The van der Waals surface area contributed by atoms with Gasteiger partial charge in [0.2, 0.25) is 0 Å². The molecule has 0 aliphatic carbocycles. The van der Waals surface area contributed by atoms with Crippen LogP contribution in [0.5, 0.6) is 0 Å². The molecule has 0 bridgehead atoms. The fourth-order valence-corrected chi connectivity index (χ4v) is 1.94. The van der Waals surface area contributed by atoms with E-state index in [1.54, 1.807) is 6.20 Å². The third-order valence-electron chi connectivity index (χ3n) is 2.45. The number of nitrogens with one attached hydrogen (secondary N) is 1. The van der Waals surface area contributed by atoms with Crippen LogP contribution < -0.4 is 5.32 Å². The molecular formula is C12H19ClN2. The summed E-state index contributed by atoms with van der Waals surface area (Å²) in [6, 6.07) is 5.91. The Morgan fingerprint density at radius 3 is 2.87 bits per heavy atom. The fraction of sp³-hybridized carbons (Fsp3) is 0.583. The zero-order chi connectivity index (χ0) is 10.9. The van der Waals surface area contributed by atoms with E-state index in [1.807, 2.05) is 18.2 Å². The lowest BCUT2D eigenvalue weighted by molar-refractivity contribution is 0.489. The monoisotopic (exact) mass is 226 g/mol. The summed E-state index contributed by atoms with van der Waals surface area (Å²) in [7, 11) is 0. The normalized spacial score (nSPS) is 12.4. The van der Waals surface area contributed by atoms with E-state index >= 15 is 0 Å². The highest BCUT2D eigenvalue weighted by atomic mass is 35.5. The van der Waals surface area contributed by atoms with Gasteiger partial charge in [0.05, 0.1) is 0 Å². The van der Waals surface area contributed by atoms with Gasteiger partial charge >= 0.3 is 0 Å². The summed E-state index contributed by atoms with van der Waals surface area (Å²) in [5.74, 6) is 2.36. The number of rotatable bonds is 7. The Morgan fingerprint density at radius 1 is 1.40 bits per heavy atom. The molecule has 0 amide bonds. The largest absolute Gasteiger partial charge is 0.370 e. The molecular weight excluding hydrogens is 208 g/mol. The topological polar surface area (TPSA) is 24.9 Å². The average molecular weight is 227 g/mol. The second-order valence-electron chi connectivity index (χ2n) is 3.73. The Labute approximate surface area is 97.1 Å². The molecule has 0 spiro atoms. The van der Waals surface area contributed by atoms with Crippen molar-refractivity contribution in [1.29, 1.82) is 0 Å². The molecule has 1 rings (SSSR count). The summed E-state index contributed by atoms with van der Waals surface area (Å²) < 4.78 is 0. The summed E-state index contributed by atoms with van der Waals surface area (Å²) in [5, 5.41) is 3.34. The van der Waals surface area contributed by atoms with E-state index in [1.165, 1.54) is 12.8 Å². The molecule has 0 saturated heterocycles. The van der Waals surface area contributed by atoms with Crippen LogP contribution in [-0.2, 0) is 0 Å². The number of nitrogens with zero attached hydrogens (tertiary/aromatic N) is 1. The average Bonchev–Trinajstić information content (AvgIpc) is 2.28. The Bertz CT molecular complexity index is 245. The van der Waals surface area contributed by atoms with Crippen molar-refractivity contribution in [3.63, 3.8) is 0 Å². The van der Waals surface area contributed by atoms with Gasteiger partial charge in [0, 0.05) is 18.6 Å². The Hall–Kier alpha value is -0.760. The molecule has 1 aromatic rings. The first kappa shape index (κ1) is 12.3. The molecule has 1 heterocycles. The minimum atomic E-state index is 0.662. The number of pyridine rings is 1. The Morgan fingerprint density at radius 2 is 2.27 bits per heavy atom. The van der Waals surface area contributed by atoms with Crippen LogP contribution in [0.1, 0.15) is 26.2 Å². The van der Waals surface area contributed by atoms with Gasteiger partial charge < -0.3 is 5.32 Å². The lowest BCUT2D eigenvalue weighted by Crippen LogP contribution is -2.15. The molecule has 1 N–H and O–H groups in total. The molecule has 1 atom stereocenters. The molecule has 15 heavy (non-hydrogen) atoms. The van der Waals surface area contributed by atoms with Crippen molar-refractivity contribution >= 4 is 17.4 Å². The highest BCUT2D eigenvalue weighted by molar-refractivity contribution is 6.17. The number of alkyl halides is 1. The van der Waals surface area contributed by atoms with E-state index in [0.29, 0.717) is 5.92 Å². The second-order valence-corrected chi connectivity index (χ2v) is 4.11. The van der Waals surface area contributed by atoms with Crippen LogP contribution in [0.15, 0.2) is 24.4 Å². The molecule has 0 radical (unpaired) electrons. The smallest absolute Gasteiger partial charge is 0.125 e. The summed E-state index contributed by atoms with van der Waals surface area (Å²) in [6.07, 6.45) is 5.33. The van der Waals surface area contributed by atoms with Crippen LogP contribution in [0.3, 0.4) is 0 Å². The molecule has 0 saturated carbocycles. The third kappa shape index (κ3) is 5.03. The van der Waals surface area contributed by atoms with Crippen LogP contribution >= 0.6 is 11.6 Å². The van der Waals surface area contributed by atoms with Crippen molar-refractivity contribution in [2.24, 2.45) is 5.92 Å². The number of aromatic nitrogens is 1. The number of hydrogen-bond donors (Lipinski definition) is 1. The van der Waals surface area contributed by atoms with Crippen molar-refractivity contribution in [2.75, 3.05) is 17.7 Å². The fourth-order valence-electron chi connectivity index (χ4n) is 1.63. The van der Waals surface area contributed by atoms with Gasteiger partial charge in [0.15, 0.2) is 0 Å². The minimum absolute atomic E-state index is 0.662. The first-order chi connectivity index (χ1) is 7.36. The van der Waals surface area contributed by atoms with Crippen LogP contribution in [0.4, 0.5) is 5.82 Å².